The monoisotopic (exact) mass is 343 g/mol. The van der Waals surface area contributed by atoms with E-state index in [1.807, 2.05) is 24.4 Å². The number of nitrogens with zero attached hydrogens (tertiary/aromatic N) is 3. The zero-order valence-corrected chi connectivity index (χ0v) is 14.0. The Morgan fingerprint density at radius 3 is 3.04 bits per heavy atom. The molecule has 4 rings (SSSR count). The van der Waals surface area contributed by atoms with Crippen LogP contribution >= 0.6 is 11.6 Å². The summed E-state index contributed by atoms with van der Waals surface area (Å²) in [6.45, 7) is 4.40. The predicted molar refractivity (Wildman–Crippen MR) is 96.4 cm³/mol. The van der Waals surface area contributed by atoms with E-state index in [-0.39, 0.29) is 0 Å². The van der Waals surface area contributed by atoms with Crippen LogP contribution in [0.4, 0.5) is 11.5 Å². The lowest BCUT2D eigenvalue weighted by Gasteiger charge is -2.35. The van der Waals surface area contributed by atoms with Gasteiger partial charge in [-0.2, -0.15) is 0 Å². The van der Waals surface area contributed by atoms with E-state index in [2.05, 4.69) is 32.8 Å². The van der Waals surface area contributed by atoms with Gasteiger partial charge in [-0.15, -0.1) is 0 Å². The third-order valence-corrected chi connectivity index (χ3v) is 4.50. The van der Waals surface area contributed by atoms with E-state index in [0.29, 0.717) is 30.2 Å². The number of nitrogens with two attached hydrogens (primary N) is 1. The fourth-order valence-corrected chi connectivity index (χ4v) is 3.36. The molecule has 3 aromatic rings. The quantitative estimate of drug-likeness (QED) is 0.699. The van der Waals surface area contributed by atoms with Crippen molar-refractivity contribution in [1.29, 1.82) is 0 Å². The third kappa shape index (κ3) is 2.68. The van der Waals surface area contributed by atoms with Gasteiger partial charge in [-0.05, 0) is 25.1 Å². The summed E-state index contributed by atoms with van der Waals surface area (Å²) >= 11 is 6.16. The maximum Gasteiger partial charge on any atom is 0.139 e. The number of hydrogen-bond acceptors (Lipinski definition) is 5. The summed E-state index contributed by atoms with van der Waals surface area (Å²) in [5, 5.41) is 1.39. The van der Waals surface area contributed by atoms with Crippen molar-refractivity contribution in [1.82, 2.24) is 15.0 Å². The van der Waals surface area contributed by atoms with Crippen molar-refractivity contribution in [3.05, 3.63) is 35.6 Å². The molecule has 1 saturated heterocycles. The molecule has 1 aliphatic rings. The Labute approximate surface area is 144 Å². The molecule has 1 aliphatic heterocycles. The molecule has 3 N–H and O–H groups in total. The Morgan fingerprint density at radius 1 is 1.33 bits per heavy atom. The molecule has 0 spiro atoms. The fraction of sp³-hybridized carbons (Fsp3) is 0.294. The van der Waals surface area contributed by atoms with Crippen molar-refractivity contribution in [3.63, 3.8) is 0 Å². The number of rotatable bonds is 2. The Hall–Kier alpha value is -2.31. The van der Waals surface area contributed by atoms with Crippen LogP contribution in [0, 0.1) is 0 Å². The lowest BCUT2D eigenvalue weighted by molar-refractivity contribution is 0.0989. The van der Waals surface area contributed by atoms with Crippen molar-refractivity contribution in [2.75, 3.05) is 30.4 Å². The highest BCUT2D eigenvalue weighted by molar-refractivity contribution is 6.30. The maximum atomic E-state index is 6.16. The Bertz CT molecular complexity index is 894. The minimum atomic E-state index is 0.293. The van der Waals surface area contributed by atoms with Crippen molar-refractivity contribution in [2.45, 2.75) is 13.0 Å². The van der Waals surface area contributed by atoms with Gasteiger partial charge in [0.2, 0.25) is 0 Å². The predicted octanol–water partition coefficient (Wildman–Crippen LogP) is 3.09. The molecule has 0 saturated carbocycles. The second-order valence-corrected chi connectivity index (χ2v) is 6.37. The van der Waals surface area contributed by atoms with Gasteiger partial charge >= 0.3 is 0 Å². The summed E-state index contributed by atoms with van der Waals surface area (Å²) in [7, 11) is 0. The second kappa shape index (κ2) is 5.96. The SMILES string of the molecule is CC1COCCN1c1cc(N)nc(-c2cc(Cl)nc3[nH]ccc23)c1. The summed E-state index contributed by atoms with van der Waals surface area (Å²) in [5.74, 6) is 0.484. The molecule has 0 bridgehead atoms. The van der Waals surface area contributed by atoms with Crippen LogP contribution in [0.25, 0.3) is 22.3 Å². The number of H-pyrrole nitrogens is 1. The number of morpholine rings is 1. The number of hydrogen-bond donors (Lipinski definition) is 2. The molecule has 3 aromatic heterocycles. The maximum absolute atomic E-state index is 6.16. The molecule has 0 aromatic carbocycles. The first-order valence-electron chi connectivity index (χ1n) is 7.88. The zero-order valence-electron chi connectivity index (χ0n) is 13.3. The largest absolute Gasteiger partial charge is 0.384 e. The molecule has 7 heteroatoms. The lowest BCUT2D eigenvalue weighted by atomic mass is 10.1. The molecular weight excluding hydrogens is 326 g/mol. The molecular formula is C17H18ClN5O. The number of aromatic amines is 1. The number of anilines is 2. The number of aromatic nitrogens is 3. The average molecular weight is 344 g/mol. The van der Waals surface area contributed by atoms with Crippen LogP contribution in [0.15, 0.2) is 30.5 Å². The van der Waals surface area contributed by atoms with E-state index >= 15 is 0 Å². The van der Waals surface area contributed by atoms with E-state index in [1.165, 1.54) is 0 Å². The van der Waals surface area contributed by atoms with Gasteiger partial charge in [0.1, 0.15) is 16.6 Å². The average Bonchev–Trinajstić information content (AvgIpc) is 3.02. The second-order valence-electron chi connectivity index (χ2n) is 5.99. The normalized spacial score (nSPS) is 18.2. The molecule has 1 atom stereocenters. The Morgan fingerprint density at radius 2 is 2.21 bits per heavy atom. The van der Waals surface area contributed by atoms with E-state index < -0.39 is 0 Å². The first kappa shape index (κ1) is 15.2. The van der Waals surface area contributed by atoms with Gasteiger partial charge in [0.15, 0.2) is 0 Å². The highest BCUT2D eigenvalue weighted by Crippen LogP contribution is 2.32. The number of halogens is 1. The van der Waals surface area contributed by atoms with E-state index in [0.717, 1.165) is 34.5 Å². The summed E-state index contributed by atoms with van der Waals surface area (Å²) in [6.07, 6.45) is 1.84. The number of nitrogen functional groups attached to an aromatic ring is 1. The molecule has 4 heterocycles. The van der Waals surface area contributed by atoms with Gasteiger partial charge in [0.25, 0.3) is 0 Å². The smallest absolute Gasteiger partial charge is 0.139 e. The Kier molecular flexibility index (Phi) is 3.78. The van der Waals surface area contributed by atoms with Crippen LogP contribution in [-0.2, 0) is 4.74 Å². The van der Waals surface area contributed by atoms with Crippen molar-refractivity contribution in [3.8, 4) is 11.3 Å². The van der Waals surface area contributed by atoms with E-state index in [4.69, 9.17) is 22.1 Å². The Balaban J connectivity index is 1.85. The van der Waals surface area contributed by atoms with Crippen molar-refractivity contribution >= 4 is 34.1 Å². The minimum Gasteiger partial charge on any atom is -0.384 e. The van der Waals surface area contributed by atoms with Crippen LogP contribution in [0.1, 0.15) is 6.92 Å². The number of ether oxygens (including phenoxy) is 1. The molecule has 1 fully saturated rings. The van der Waals surface area contributed by atoms with E-state index in [1.54, 1.807) is 0 Å². The standard InChI is InChI=1S/C17H18ClN5O/c1-10-9-24-5-4-23(10)11-6-14(21-16(19)7-11)13-8-15(18)22-17-12(13)2-3-20-17/h2-3,6-8,10H,4-5,9H2,1H3,(H2,19,21)(H,20,22). The molecule has 124 valence electrons. The van der Waals surface area contributed by atoms with Crippen LogP contribution in [-0.4, -0.2) is 40.8 Å². The van der Waals surface area contributed by atoms with Crippen molar-refractivity contribution in [2.24, 2.45) is 0 Å². The minimum absolute atomic E-state index is 0.293. The summed E-state index contributed by atoms with van der Waals surface area (Å²) in [5.41, 5.74) is 9.57. The van der Waals surface area contributed by atoms with Gasteiger partial charge in [-0.3, -0.25) is 0 Å². The molecule has 0 amide bonds. The van der Waals surface area contributed by atoms with E-state index in [9.17, 15) is 0 Å². The number of pyridine rings is 2. The molecule has 1 unspecified atom stereocenters. The van der Waals surface area contributed by atoms with Gasteiger partial charge in [-0.25, -0.2) is 9.97 Å². The molecule has 24 heavy (non-hydrogen) atoms. The molecule has 0 radical (unpaired) electrons. The third-order valence-electron chi connectivity index (χ3n) is 4.30. The highest BCUT2D eigenvalue weighted by Gasteiger charge is 2.21. The topological polar surface area (TPSA) is 80.1 Å². The molecule has 0 aliphatic carbocycles. The van der Waals surface area contributed by atoms with Gasteiger partial charge < -0.3 is 20.4 Å². The number of nitrogens with one attached hydrogen (secondary N) is 1. The van der Waals surface area contributed by atoms with Crippen LogP contribution in [0.3, 0.4) is 0 Å². The summed E-state index contributed by atoms with van der Waals surface area (Å²) in [6, 6.07) is 8.04. The lowest BCUT2D eigenvalue weighted by Crippen LogP contribution is -2.43. The van der Waals surface area contributed by atoms with Gasteiger partial charge in [0.05, 0.1) is 18.9 Å². The number of fused-ring (bicyclic) bond motifs is 1. The summed E-state index contributed by atoms with van der Waals surface area (Å²) < 4.78 is 5.52. The highest BCUT2D eigenvalue weighted by atomic mass is 35.5. The summed E-state index contributed by atoms with van der Waals surface area (Å²) in [4.78, 5) is 14.2. The van der Waals surface area contributed by atoms with Crippen LogP contribution < -0.4 is 10.6 Å². The van der Waals surface area contributed by atoms with Crippen molar-refractivity contribution < 1.29 is 4.74 Å². The molecule has 6 nitrogen and oxygen atoms in total. The first-order chi connectivity index (χ1) is 11.6. The van der Waals surface area contributed by atoms with Crippen LogP contribution in [0.2, 0.25) is 5.15 Å². The van der Waals surface area contributed by atoms with Crippen LogP contribution in [0.5, 0.6) is 0 Å². The first-order valence-corrected chi connectivity index (χ1v) is 8.25. The van der Waals surface area contributed by atoms with Gasteiger partial charge in [-0.1, -0.05) is 11.6 Å². The fourth-order valence-electron chi connectivity index (χ4n) is 3.17. The van der Waals surface area contributed by atoms with Gasteiger partial charge in [0, 0.05) is 41.5 Å². The zero-order chi connectivity index (χ0) is 16.7.